The van der Waals surface area contributed by atoms with Crippen molar-refractivity contribution in [1.82, 2.24) is 10.2 Å². The number of hydrogen-bond acceptors (Lipinski definition) is 4. The Kier molecular flexibility index (Phi) is 6.92. The Balaban J connectivity index is 1.84. The highest BCUT2D eigenvalue weighted by atomic mass is 19.1. The molecule has 0 fully saturated rings. The van der Waals surface area contributed by atoms with Crippen LogP contribution in [-0.4, -0.2) is 36.0 Å². The molecule has 32 heavy (non-hydrogen) atoms. The van der Waals surface area contributed by atoms with Crippen LogP contribution >= 0.6 is 0 Å². The van der Waals surface area contributed by atoms with E-state index in [0.29, 0.717) is 28.1 Å². The van der Waals surface area contributed by atoms with Gasteiger partial charge in [-0.05, 0) is 56.2 Å². The number of halogens is 1. The standard InChI is InChI=1S/C24H26FN3O4/c1-14(2)32-23(30)21-15(3)28(4)24(31)27-22(21)17-6-5-7-19(13-17)26-20(29)12-16-8-10-18(25)11-9-16/h5-11,13-14,22H,12H2,1-4H3,(H,26,29)(H,27,31)/t22-/m1/s1. The first-order valence-corrected chi connectivity index (χ1v) is 10.3. The second-order valence-electron chi connectivity index (χ2n) is 7.87. The van der Waals surface area contributed by atoms with Crippen LogP contribution in [0, 0.1) is 5.82 Å². The van der Waals surface area contributed by atoms with Gasteiger partial charge in [-0.1, -0.05) is 24.3 Å². The number of esters is 1. The summed E-state index contributed by atoms with van der Waals surface area (Å²) in [6.45, 7) is 5.20. The molecule has 0 saturated carbocycles. The fraction of sp³-hybridized carbons (Fsp3) is 0.292. The van der Waals surface area contributed by atoms with Gasteiger partial charge >= 0.3 is 12.0 Å². The quantitative estimate of drug-likeness (QED) is 0.668. The molecule has 1 heterocycles. The molecule has 3 amide bonds. The van der Waals surface area contributed by atoms with Gasteiger partial charge in [-0.2, -0.15) is 0 Å². The number of ether oxygens (including phenoxy) is 1. The number of anilines is 1. The maximum Gasteiger partial charge on any atom is 0.338 e. The number of hydrogen-bond donors (Lipinski definition) is 2. The fourth-order valence-corrected chi connectivity index (χ4v) is 3.42. The predicted octanol–water partition coefficient (Wildman–Crippen LogP) is 3.93. The molecule has 0 aromatic heterocycles. The molecule has 0 spiro atoms. The van der Waals surface area contributed by atoms with E-state index in [9.17, 15) is 18.8 Å². The van der Waals surface area contributed by atoms with E-state index in [1.807, 2.05) is 0 Å². The third-order valence-electron chi connectivity index (χ3n) is 5.10. The van der Waals surface area contributed by atoms with Crippen molar-refractivity contribution in [2.75, 3.05) is 12.4 Å². The Hall–Kier alpha value is -3.68. The number of amides is 3. The van der Waals surface area contributed by atoms with Gasteiger partial charge in [0, 0.05) is 18.4 Å². The van der Waals surface area contributed by atoms with Gasteiger partial charge < -0.3 is 20.3 Å². The molecule has 0 aliphatic carbocycles. The molecule has 2 aromatic carbocycles. The zero-order valence-corrected chi connectivity index (χ0v) is 18.4. The summed E-state index contributed by atoms with van der Waals surface area (Å²) < 4.78 is 18.5. The summed E-state index contributed by atoms with van der Waals surface area (Å²) >= 11 is 0. The number of nitrogens with zero attached hydrogens (tertiary/aromatic N) is 1. The Labute approximate surface area is 186 Å². The van der Waals surface area contributed by atoms with Gasteiger partial charge in [0.05, 0.1) is 24.1 Å². The molecule has 8 heteroatoms. The molecule has 7 nitrogen and oxygen atoms in total. The van der Waals surface area contributed by atoms with Gasteiger partial charge in [-0.3, -0.25) is 4.79 Å². The van der Waals surface area contributed by atoms with Crippen LogP contribution in [0.1, 0.15) is 37.9 Å². The van der Waals surface area contributed by atoms with Crippen LogP contribution in [0.3, 0.4) is 0 Å². The second kappa shape index (κ2) is 9.64. The molecule has 3 rings (SSSR count). The predicted molar refractivity (Wildman–Crippen MR) is 118 cm³/mol. The minimum absolute atomic E-state index is 0.0838. The van der Waals surface area contributed by atoms with E-state index in [-0.39, 0.29) is 30.3 Å². The zero-order chi connectivity index (χ0) is 23.4. The van der Waals surface area contributed by atoms with Crippen LogP contribution in [-0.2, 0) is 20.7 Å². The third kappa shape index (κ3) is 5.32. The number of carbonyl (C=O) groups excluding carboxylic acids is 3. The van der Waals surface area contributed by atoms with E-state index in [1.165, 1.54) is 17.0 Å². The molecular weight excluding hydrogens is 413 g/mol. The Morgan fingerprint density at radius 1 is 1.19 bits per heavy atom. The van der Waals surface area contributed by atoms with Gasteiger partial charge in [-0.25, -0.2) is 14.0 Å². The topological polar surface area (TPSA) is 87.7 Å². The number of allylic oxidation sites excluding steroid dienone is 1. The average Bonchev–Trinajstić information content (AvgIpc) is 2.73. The lowest BCUT2D eigenvalue weighted by molar-refractivity contribution is -0.143. The molecular formula is C24H26FN3O4. The second-order valence-corrected chi connectivity index (χ2v) is 7.87. The summed E-state index contributed by atoms with van der Waals surface area (Å²) in [6.07, 6.45) is -0.232. The largest absolute Gasteiger partial charge is 0.459 e. The number of urea groups is 1. The minimum Gasteiger partial charge on any atom is -0.459 e. The number of rotatable bonds is 6. The van der Waals surface area contributed by atoms with Crippen molar-refractivity contribution in [2.45, 2.75) is 39.3 Å². The summed E-state index contributed by atoms with van der Waals surface area (Å²) in [6, 6.07) is 11.6. The molecule has 2 N–H and O–H groups in total. The first kappa shape index (κ1) is 23.0. The highest BCUT2D eigenvalue weighted by molar-refractivity contribution is 5.95. The number of benzene rings is 2. The van der Waals surface area contributed by atoms with E-state index in [4.69, 9.17) is 4.74 Å². The Morgan fingerprint density at radius 2 is 1.88 bits per heavy atom. The molecule has 0 unspecified atom stereocenters. The van der Waals surface area contributed by atoms with Crippen molar-refractivity contribution in [3.63, 3.8) is 0 Å². The average molecular weight is 439 g/mol. The van der Waals surface area contributed by atoms with Crippen molar-refractivity contribution in [3.05, 3.63) is 76.7 Å². The fourth-order valence-electron chi connectivity index (χ4n) is 3.42. The lowest BCUT2D eigenvalue weighted by atomic mass is 9.94. The monoisotopic (exact) mass is 439 g/mol. The molecule has 1 aliphatic heterocycles. The molecule has 0 bridgehead atoms. The maximum absolute atomic E-state index is 13.1. The van der Waals surface area contributed by atoms with Gasteiger partial charge in [0.25, 0.3) is 0 Å². The molecule has 1 atom stereocenters. The Morgan fingerprint density at radius 3 is 2.53 bits per heavy atom. The van der Waals surface area contributed by atoms with E-state index < -0.39 is 12.0 Å². The summed E-state index contributed by atoms with van der Waals surface area (Å²) in [5, 5.41) is 5.63. The van der Waals surface area contributed by atoms with Crippen molar-refractivity contribution < 1.29 is 23.5 Å². The van der Waals surface area contributed by atoms with E-state index in [1.54, 1.807) is 64.2 Å². The van der Waals surface area contributed by atoms with Gasteiger partial charge in [0.15, 0.2) is 0 Å². The van der Waals surface area contributed by atoms with E-state index >= 15 is 0 Å². The normalized spacial score (nSPS) is 16.1. The summed E-state index contributed by atoms with van der Waals surface area (Å²) in [5.74, 6) is -1.15. The number of nitrogens with one attached hydrogen (secondary N) is 2. The smallest absolute Gasteiger partial charge is 0.338 e. The van der Waals surface area contributed by atoms with Gasteiger partial charge in [-0.15, -0.1) is 0 Å². The van der Waals surface area contributed by atoms with Gasteiger partial charge in [0.1, 0.15) is 5.82 Å². The van der Waals surface area contributed by atoms with Crippen LogP contribution in [0.25, 0.3) is 0 Å². The summed E-state index contributed by atoms with van der Waals surface area (Å²) in [4.78, 5) is 39.0. The van der Waals surface area contributed by atoms with Gasteiger partial charge in [0.2, 0.25) is 5.91 Å². The molecule has 2 aromatic rings. The van der Waals surface area contributed by atoms with Crippen LogP contribution < -0.4 is 10.6 Å². The molecule has 168 valence electrons. The third-order valence-corrected chi connectivity index (χ3v) is 5.10. The van der Waals surface area contributed by atoms with Crippen molar-refractivity contribution in [1.29, 1.82) is 0 Å². The molecule has 0 saturated heterocycles. The van der Waals surface area contributed by atoms with Crippen LogP contribution in [0.2, 0.25) is 0 Å². The SMILES string of the molecule is CC1=C(C(=O)OC(C)C)[C@@H](c2cccc(NC(=O)Cc3ccc(F)cc3)c2)NC(=O)N1C. The summed E-state index contributed by atoms with van der Waals surface area (Å²) in [7, 11) is 1.58. The minimum atomic E-state index is -0.723. The molecule has 0 radical (unpaired) electrons. The van der Waals surface area contributed by atoms with Crippen molar-refractivity contribution >= 4 is 23.6 Å². The van der Waals surface area contributed by atoms with Crippen LogP contribution in [0.5, 0.6) is 0 Å². The van der Waals surface area contributed by atoms with E-state index in [0.717, 1.165) is 0 Å². The first-order valence-electron chi connectivity index (χ1n) is 10.3. The van der Waals surface area contributed by atoms with E-state index in [2.05, 4.69) is 10.6 Å². The van der Waals surface area contributed by atoms with Crippen molar-refractivity contribution in [3.8, 4) is 0 Å². The highest BCUT2D eigenvalue weighted by Gasteiger charge is 2.35. The highest BCUT2D eigenvalue weighted by Crippen LogP contribution is 2.32. The number of carbonyl (C=O) groups is 3. The lowest BCUT2D eigenvalue weighted by Gasteiger charge is -2.33. The maximum atomic E-state index is 13.1. The molecule has 1 aliphatic rings. The first-order chi connectivity index (χ1) is 15.2. The lowest BCUT2D eigenvalue weighted by Crippen LogP contribution is -2.46. The van der Waals surface area contributed by atoms with Crippen LogP contribution in [0.4, 0.5) is 14.9 Å². The summed E-state index contributed by atoms with van der Waals surface area (Å²) in [5.41, 5.74) is 2.64. The Bertz CT molecular complexity index is 1060. The van der Waals surface area contributed by atoms with Crippen LogP contribution in [0.15, 0.2) is 59.8 Å². The zero-order valence-electron chi connectivity index (χ0n) is 18.4. The van der Waals surface area contributed by atoms with Crippen molar-refractivity contribution in [2.24, 2.45) is 0 Å².